The van der Waals surface area contributed by atoms with Crippen molar-refractivity contribution in [3.05, 3.63) is 57.2 Å². The number of hydrogen-bond acceptors (Lipinski definition) is 15. The van der Waals surface area contributed by atoms with Gasteiger partial charge in [0.05, 0.1) is 0 Å². The summed E-state index contributed by atoms with van der Waals surface area (Å²) in [6, 6.07) is 0.685. The molecule has 13 amide bonds. The molecular weight excluding hydrogens is 1230 g/mol. The maximum atomic E-state index is 14.4. The highest BCUT2D eigenvalue weighted by Crippen LogP contribution is 2.32. The number of nitrogens with one attached hydrogen (secondary N) is 13. The highest BCUT2D eigenvalue weighted by molar-refractivity contribution is 14.1. The summed E-state index contributed by atoms with van der Waals surface area (Å²) in [6.45, 7) is 22.6. The van der Waals surface area contributed by atoms with Gasteiger partial charge in [0.15, 0.2) is 0 Å². The molecule has 0 saturated heterocycles. The average molecular weight is 1320 g/mol. The van der Waals surface area contributed by atoms with Crippen LogP contribution < -0.4 is 69.1 Å². The van der Waals surface area contributed by atoms with E-state index in [-0.39, 0.29) is 25.0 Å². The summed E-state index contributed by atoms with van der Waals surface area (Å²) in [4.78, 5) is 172. The van der Waals surface area contributed by atoms with Gasteiger partial charge in [0, 0.05) is 15.7 Å². The number of phenols is 1. The first-order valence-corrected chi connectivity index (χ1v) is 28.9. The Morgan fingerprint density at radius 3 is 1.27 bits per heavy atom. The molecule has 0 radical (unpaired) electrons. The summed E-state index contributed by atoms with van der Waals surface area (Å²) in [5.41, 5.74) is -4.02. The maximum absolute atomic E-state index is 14.4. The number of ether oxygens (including phenoxy) is 1. The van der Waals surface area contributed by atoms with Crippen molar-refractivity contribution in [3.8, 4) is 5.75 Å². The Bertz CT molecular complexity index is 2910. The largest absolute Gasteiger partial charge is 0.508 e. The Morgan fingerprint density at radius 1 is 0.465 bits per heavy atom. The van der Waals surface area contributed by atoms with Crippen molar-refractivity contribution in [3.63, 3.8) is 0 Å². The molecule has 0 bridgehead atoms. The molecule has 14 N–H and O–H groups in total. The molecule has 10 unspecified atom stereocenters. The minimum absolute atomic E-state index is 0.0255. The van der Waals surface area contributed by atoms with Crippen LogP contribution in [0.4, 0.5) is 10.5 Å². The van der Waals surface area contributed by atoms with Crippen molar-refractivity contribution in [2.24, 2.45) is 0 Å². The van der Waals surface area contributed by atoms with Crippen LogP contribution in [-0.2, 0) is 75.1 Å². The van der Waals surface area contributed by atoms with Crippen LogP contribution in [0.3, 0.4) is 0 Å². The molecule has 2 aromatic carbocycles. The second kappa shape index (κ2) is 30.3. The molecular formula is C57H84IN13O15. The molecule has 86 heavy (non-hydrogen) atoms. The lowest BCUT2D eigenvalue weighted by atomic mass is 9.76. The van der Waals surface area contributed by atoms with Gasteiger partial charge in [-0.25, -0.2) is 4.79 Å². The maximum Gasteiger partial charge on any atom is 0.408 e. The van der Waals surface area contributed by atoms with Crippen molar-refractivity contribution in [1.29, 1.82) is 0 Å². The number of carbonyl (C=O) groups is 13. The van der Waals surface area contributed by atoms with Gasteiger partial charge in [0.25, 0.3) is 0 Å². The van der Waals surface area contributed by atoms with Crippen LogP contribution in [0.1, 0.15) is 128 Å². The predicted molar refractivity (Wildman–Crippen MR) is 323 cm³/mol. The molecule has 29 heteroatoms. The van der Waals surface area contributed by atoms with E-state index in [0.717, 1.165) is 3.57 Å². The zero-order chi connectivity index (χ0) is 65.6. The fraction of sp³-hybridized carbons (Fsp3) is 0.561. The highest BCUT2D eigenvalue weighted by atomic mass is 127. The van der Waals surface area contributed by atoms with E-state index in [9.17, 15) is 67.4 Å². The third-order valence-electron chi connectivity index (χ3n) is 13.5. The fourth-order valence-electron chi connectivity index (χ4n) is 8.07. The van der Waals surface area contributed by atoms with Gasteiger partial charge in [0.2, 0.25) is 70.9 Å². The van der Waals surface area contributed by atoms with Crippen LogP contribution in [0, 0.1) is 3.57 Å². The summed E-state index contributed by atoms with van der Waals surface area (Å²) in [6.07, 6.45) is -0.807. The number of amides is 13. The third-order valence-corrected chi connectivity index (χ3v) is 14.2. The Labute approximate surface area is 513 Å². The number of benzene rings is 2. The zero-order valence-corrected chi connectivity index (χ0v) is 53.6. The molecule has 0 heterocycles. The molecule has 0 aliphatic heterocycles. The SMILES string of the molecule is CC(NC(=O)OC(C)(C)C)C(=O)NC(C)C(=O)NC(C)(C)C(=O)NC(C)C(=O)NC1(C(=O)NC(C)C(=O)NC(C)C(=O)NC(C)C(=O)NC(C)C(=O)NC(C)(C)C(=O)NC(C)C(=O)NC(C)C(=O)Nc2ccc(I)cc2)CCc2cc(O)ccc2C1. The Morgan fingerprint density at radius 2 is 0.837 bits per heavy atom. The Kier molecular flexibility index (Phi) is 25.4. The summed E-state index contributed by atoms with van der Waals surface area (Å²) < 4.78 is 6.12. The molecule has 1 aliphatic rings. The molecule has 28 nitrogen and oxygen atoms in total. The second-order valence-corrected chi connectivity index (χ2v) is 24.8. The number of hydrogen-bond donors (Lipinski definition) is 14. The standard InChI is InChI=1S/C57H84IN13O15/c1-27(41(73)59-28(2)42(74)62-33(7)47(79)69-55(13,14)50(82)64-30(4)43(75)61-29(3)46(78)68-39-20-18-38(58)19-21-39)60-44(76)31(5)66-52(84)57(24-23-36-25-40(72)22-17-37(36)26-57)71-49(81)35(9)65-51(83)56(15,16)70-48(80)34(8)63-45(77)32(6)67-53(85)86-54(10,11)12/h17-22,25,27-35,72H,23-24,26H2,1-16H3,(H,59,73)(H,60,76)(H,61,75)(H,62,74)(H,63,77)(H,64,82)(H,65,83)(H,66,84)(H,67,85)(H,68,78)(H,69,79)(H,70,80)(H,71,81). The summed E-state index contributed by atoms with van der Waals surface area (Å²) in [7, 11) is 0. The molecule has 0 spiro atoms. The van der Waals surface area contributed by atoms with Gasteiger partial charge < -0.3 is 79.0 Å². The molecule has 0 aromatic heterocycles. The van der Waals surface area contributed by atoms with Gasteiger partial charge in [-0.3, -0.25) is 57.5 Å². The normalized spacial score (nSPS) is 17.0. The van der Waals surface area contributed by atoms with Crippen LogP contribution >= 0.6 is 22.6 Å². The minimum Gasteiger partial charge on any atom is -0.508 e. The van der Waals surface area contributed by atoms with E-state index in [1.54, 1.807) is 51.1 Å². The number of rotatable bonds is 25. The van der Waals surface area contributed by atoms with Crippen LogP contribution in [0.2, 0.25) is 0 Å². The van der Waals surface area contributed by atoms with E-state index in [0.29, 0.717) is 16.8 Å². The van der Waals surface area contributed by atoms with Crippen LogP contribution in [0.25, 0.3) is 0 Å². The van der Waals surface area contributed by atoms with E-state index >= 15 is 0 Å². The average Bonchev–Trinajstić information content (AvgIpc) is 0.947. The van der Waals surface area contributed by atoms with E-state index in [4.69, 9.17) is 4.74 Å². The topological polar surface area (TPSA) is 408 Å². The smallest absolute Gasteiger partial charge is 0.408 e. The number of alkyl carbamates (subject to hydrolysis) is 1. The highest BCUT2D eigenvalue weighted by Gasteiger charge is 2.45. The van der Waals surface area contributed by atoms with Gasteiger partial charge in [-0.05, 0) is 194 Å². The molecule has 0 saturated carbocycles. The van der Waals surface area contributed by atoms with E-state index in [2.05, 4.69) is 91.7 Å². The Balaban J connectivity index is 1.57. The van der Waals surface area contributed by atoms with Gasteiger partial charge in [-0.15, -0.1) is 0 Å². The van der Waals surface area contributed by atoms with Gasteiger partial charge in [-0.2, -0.15) is 0 Å². The number of aromatic hydroxyl groups is 1. The molecule has 0 fully saturated rings. The second-order valence-electron chi connectivity index (χ2n) is 23.5. The molecule has 10 atom stereocenters. The van der Waals surface area contributed by atoms with Gasteiger partial charge >= 0.3 is 6.09 Å². The van der Waals surface area contributed by atoms with E-state index in [1.807, 2.05) is 0 Å². The van der Waals surface area contributed by atoms with Crippen molar-refractivity contribution in [1.82, 2.24) is 63.8 Å². The first-order chi connectivity index (χ1) is 39.6. The number of phenolic OH excluding ortho intramolecular Hbond substituents is 1. The van der Waals surface area contributed by atoms with Crippen molar-refractivity contribution in [2.45, 2.75) is 207 Å². The van der Waals surface area contributed by atoms with Crippen LogP contribution in [0.15, 0.2) is 42.5 Å². The van der Waals surface area contributed by atoms with Crippen molar-refractivity contribution >= 4 is 105 Å². The van der Waals surface area contributed by atoms with Crippen LogP contribution in [0.5, 0.6) is 5.75 Å². The monoisotopic (exact) mass is 1320 g/mol. The number of fused-ring (bicyclic) bond motifs is 1. The zero-order valence-electron chi connectivity index (χ0n) is 51.4. The Hall–Kier alpha value is -8.12. The summed E-state index contributed by atoms with van der Waals surface area (Å²) >= 11 is 2.12. The lowest BCUT2D eigenvalue weighted by Crippen LogP contribution is -2.67. The van der Waals surface area contributed by atoms with Gasteiger partial charge in [0.1, 0.15) is 82.3 Å². The first kappa shape index (κ1) is 72.1. The lowest BCUT2D eigenvalue weighted by molar-refractivity contribution is -0.139. The lowest BCUT2D eigenvalue weighted by Gasteiger charge is -2.39. The molecule has 1 aliphatic carbocycles. The number of halogens is 1. The van der Waals surface area contributed by atoms with E-state index in [1.165, 1.54) is 102 Å². The predicted octanol–water partition coefficient (Wildman–Crippen LogP) is -0.280. The molecule has 3 rings (SSSR count). The third kappa shape index (κ3) is 21.7. The fourth-order valence-corrected chi connectivity index (χ4v) is 8.42. The van der Waals surface area contributed by atoms with Gasteiger partial charge in [-0.1, -0.05) is 6.07 Å². The van der Waals surface area contributed by atoms with Crippen molar-refractivity contribution < 1.29 is 72.2 Å². The molecule has 474 valence electrons. The first-order valence-electron chi connectivity index (χ1n) is 27.8. The number of anilines is 1. The minimum atomic E-state index is -1.73. The number of aryl methyl sites for hydroxylation is 1. The van der Waals surface area contributed by atoms with Crippen LogP contribution in [-0.4, -0.2) is 159 Å². The summed E-state index contributed by atoms with van der Waals surface area (Å²) in [5.74, 6) is -9.18. The molecule has 2 aromatic rings. The van der Waals surface area contributed by atoms with E-state index < -0.39 is 154 Å². The van der Waals surface area contributed by atoms with Crippen molar-refractivity contribution in [2.75, 3.05) is 5.32 Å². The summed E-state index contributed by atoms with van der Waals surface area (Å²) in [5, 5.41) is 43.0. The quantitative estimate of drug-likeness (QED) is 0.0569. The number of carbonyl (C=O) groups excluding carboxylic acids is 13.